The molecule has 0 aromatic rings. The Morgan fingerprint density at radius 3 is 2.43 bits per heavy atom. The van der Waals surface area contributed by atoms with Crippen LogP contribution < -0.4 is 0 Å². The van der Waals surface area contributed by atoms with Crippen LogP contribution in [0.25, 0.3) is 0 Å². The third-order valence-electron chi connectivity index (χ3n) is 8.72. The number of ketones is 1. The zero-order valence-electron chi connectivity index (χ0n) is 18.8. The van der Waals surface area contributed by atoms with Gasteiger partial charge in [-0.1, -0.05) is 19.9 Å². The lowest BCUT2D eigenvalue weighted by Gasteiger charge is -2.59. The smallest absolute Gasteiger partial charge is 0.307 e. The van der Waals surface area contributed by atoms with Crippen LogP contribution in [-0.4, -0.2) is 23.8 Å². The maximum atomic E-state index is 12.4. The molecule has 7 atom stereocenters. The molecular formula is C25H34O5. The number of carbonyl (C=O) groups is 3. The van der Waals surface area contributed by atoms with Crippen molar-refractivity contribution in [2.45, 2.75) is 79.2 Å². The van der Waals surface area contributed by atoms with E-state index in [2.05, 4.69) is 19.9 Å². The van der Waals surface area contributed by atoms with Crippen LogP contribution >= 0.6 is 0 Å². The van der Waals surface area contributed by atoms with E-state index < -0.39 is 0 Å². The Morgan fingerprint density at radius 2 is 1.80 bits per heavy atom. The van der Waals surface area contributed by atoms with Crippen LogP contribution in [-0.2, 0) is 23.9 Å². The van der Waals surface area contributed by atoms with Gasteiger partial charge in [-0.3, -0.25) is 14.4 Å². The molecule has 0 amide bonds. The molecule has 4 aliphatic rings. The van der Waals surface area contributed by atoms with Gasteiger partial charge in [0.25, 0.3) is 0 Å². The van der Waals surface area contributed by atoms with Gasteiger partial charge in [-0.25, -0.2) is 0 Å². The van der Waals surface area contributed by atoms with Crippen LogP contribution in [0.1, 0.15) is 73.1 Å². The van der Waals surface area contributed by atoms with Gasteiger partial charge < -0.3 is 9.47 Å². The quantitative estimate of drug-likeness (QED) is 0.623. The first kappa shape index (κ1) is 21.3. The molecule has 4 aliphatic carbocycles. The maximum Gasteiger partial charge on any atom is 0.307 e. The second-order valence-electron chi connectivity index (χ2n) is 10.4. The lowest BCUT2D eigenvalue weighted by Crippen LogP contribution is -2.57. The highest BCUT2D eigenvalue weighted by Crippen LogP contribution is 2.66. The molecule has 2 saturated carbocycles. The van der Waals surface area contributed by atoms with Crippen LogP contribution in [0.2, 0.25) is 0 Å². The summed E-state index contributed by atoms with van der Waals surface area (Å²) in [6.45, 7) is 9.18. The van der Waals surface area contributed by atoms with E-state index in [0.717, 1.165) is 37.9 Å². The predicted molar refractivity (Wildman–Crippen MR) is 112 cm³/mol. The van der Waals surface area contributed by atoms with E-state index in [1.54, 1.807) is 6.92 Å². The number of hydrogen-bond acceptors (Lipinski definition) is 5. The number of carbonyl (C=O) groups excluding carboxylic acids is 3. The minimum Gasteiger partial charge on any atom is -0.462 e. The van der Waals surface area contributed by atoms with Crippen LogP contribution in [0.4, 0.5) is 0 Å². The Kier molecular flexibility index (Phi) is 5.22. The zero-order chi connectivity index (χ0) is 21.8. The number of hydrogen-bond donors (Lipinski definition) is 0. The molecule has 0 aromatic heterocycles. The molecule has 4 rings (SSSR count). The van der Waals surface area contributed by atoms with E-state index >= 15 is 0 Å². The van der Waals surface area contributed by atoms with Crippen LogP contribution in [0.5, 0.6) is 0 Å². The van der Waals surface area contributed by atoms with Crippen molar-refractivity contribution < 1.29 is 23.9 Å². The molecule has 0 radical (unpaired) electrons. The fourth-order valence-corrected chi connectivity index (χ4v) is 7.65. The lowest BCUT2D eigenvalue weighted by atomic mass is 9.47. The van der Waals surface area contributed by atoms with Crippen molar-refractivity contribution in [3.63, 3.8) is 0 Å². The molecule has 0 aromatic carbocycles. The summed E-state index contributed by atoms with van der Waals surface area (Å²) < 4.78 is 11.4. The molecule has 164 valence electrons. The highest BCUT2D eigenvalue weighted by atomic mass is 16.5. The van der Waals surface area contributed by atoms with Crippen molar-refractivity contribution in [1.82, 2.24) is 0 Å². The molecule has 0 unspecified atom stereocenters. The van der Waals surface area contributed by atoms with Gasteiger partial charge in [-0.15, -0.1) is 0 Å². The molecular weight excluding hydrogens is 380 g/mol. The molecule has 0 spiro atoms. The normalized spacial score (nSPS) is 42.1. The van der Waals surface area contributed by atoms with E-state index in [1.165, 1.54) is 19.4 Å². The zero-order valence-corrected chi connectivity index (χ0v) is 18.8. The summed E-state index contributed by atoms with van der Waals surface area (Å²) in [7, 11) is 0. The Labute approximate surface area is 179 Å². The first-order valence-corrected chi connectivity index (χ1v) is 11.3. The van der Waals surface area contributed by atoms with E-state index in [4.69, 9.17) is 9.47 Å². The predicted octanol–water partition coefficient (Wildman–Crippen LogP) is 4.75. The second kappa shape index (κ2) is 7.35. The number of fused-ring (bicyclic) bond motifs is 5. The third-order valence-corrected chi connectivity index (χ3v) is 8.72. The monoisotopic (exact) mass is 414 g/mol. The molecule has 5 nitrogen and oxygen atoms in total. The average molecular weight is 415 g/mol. The summed E-state index contributed by atoms with van der Waals surface area (Å²) in [5.41, 5.74) is 0.970. The van der Waals surface area contributed by atoms with Gasteiger partial charge in [0.05, 0.1) is 0 Å². The molecule has 30 heavy (non-hydrogen) atoms. The van der Waals surface area contributed by atoms with Crippen molar-refractivity contribution in [2.24, 2.45) is 34.5 Å². The number of esters is 2. The van der Waals surface area contributed by atoms with Gasteiger partial charge in [0, 0.05) is 32.1 Å². The Bertz CT molecular complexity index is 838. The van der Waals surface area contributed by atoms with Gasteiger partial charge in [-0.2, -0.15) is 0 Å². The second-order valence-corrected chi connectivity index (χ2v) is 10.4. The first-order valence-electron chi connectivity index (χ1n) is 11.3. The number of rotatable bonds is 3. The molecule has 0 bridgehead atoms. The van der Waals surface area contributed by atoms with E-state index in [9.17, 15) is 14.4 Å². The van der Waals surface area contributed by atoms with Crippen LogP contribution in [0.15, 0.2) is 23.5 Å². The topological polar surface area (TPSA) is 69.7 Å². The standard InChI is InChI=1S/C25H34O5/c1-14(26)20-8-9-21-19-7-6-17-12-18(29-15(2)27)10-11-24(17,4)23(19)22(30-16(3)28)13-25(20,21)5/h6,12,19-23H,7-11,13H2,1-5H3/t19-,20+,21-,22+,23+,24-,25+/m0/s1. The van der Waals surface area contributed by atoms with Gasteiger partial charge in [0.1, 0.15) is 17.6 Å². The molecule has 5 heteroatoms. The Balaban J connectivity index is 1.74. The van der Waals surface area contributed by atoms with Crippen molar-refractivity contribution in [3.05, 3.63) is 23.5 Å². The van der Waals surface area contributed by atoms with Gasteiger partial charge in [-0.05, 0) is 73.3 Å². The minimum absolute atomic E-state index is 0.0570. The number of ether oxygens (including phenoxy) is 2. The summed E-state index contributed by atoms with van der Waals surface area (Å²) in [6, 6.07) is 0. The molecule has 0 N–H and O–H groups in total. The summed E-state index contributed by atoms with van der Waals surface area (Å²) in [6.07, 6.45) is 9.42. The van der Waals surface area contributed by atoms with Crippen LogP contribution in [0.3, 0.4) is 0 Å². The molecule has 2 fully saturated rings. The summed E-state index contributed by atoms with van der Waals surface area (Å²) in [5.74, 6) is 1.61. The lowest BCUT2D eigenvalue weighted by molar-refractivity contribution is -0.172. The largest absolute Gasteiger partial charge is 0.462 e. The highest BCUT2D eigenvalue weighted by Gasteiger charge is 2.63. The van der Waals surface area contributed by atoms with Gasteiger partial charge in [0.2, 0.25) is 0 Å². The number of Topliss-reactive ketones (excluding diaryl/α,β-unsaturated/α-hetero) is 1. The van der Waals surface area contributed by atoms with Crippen molar-refractivity contribution in [1.29, 1.82) is 0 Å². The number of allylic oxidation sites excluding steroid dienone is 4. The average Bonchev–Trinajstić information content (AvgIpc) is 2.97. The minimum atomic E-state index is -0.286. The first-order chi connectivity index (χ1) is 14.1. The highest BCUT2D eigenvalue weighted by molar-refractivity contribution is 5.79. The maximum absolute atomic E-state index is 12.4. The summed E-state index contributed by atoms with van der Waals surface area (Å²) >= 11 is 0. The van der Waals surface area contributed by atoms with Crippen LogP contribution in [0, 0.1) is 34.5 Å². The molecule has 0 heterocycles. The van der Waals surface area contributed by atoms with E-state index in [-0.39, 0.29) is 46.5 Å². The molecule has 0 aliphatic heterocycles. The fourth-order valence-electron chi connectivity index (χ4n) is 7.65. The van der Waals surface area contributed by atoms with E-state index in [1.807, 2.05) is 6.08 Å². The summed E-state index contributed by atoms with van der Waals surface area (Å²) in [5, 5.41) is 0. The summed E-state index contributed by atoms with van der Waals surface area (Å²) in [4.78, 5) is 35.9. The van der Waals surface area contributed by atoms with E-state index in [0.29, 0.717) is 18.3 Å². The Morgan fingerprint density at radius 1 is 1.07 bits per heavy atom. The van der Waals surface area contributed by atoms with Crippen molar-refractivity contribution in [3.8, 4) is 0 Å². The Hall–Kier alpha value is -1.91. The molecule has 0 saturated heterocycles. The van der Waals surface area contributed by atoms with Crippen molar-refractivity contribution >= 4 is 17.7 Å². The SMILES string of the molecule is CC(=O)OC1=CC2=CC[C@@H]3[C@H]([C@H](OC(C)=O)C[C@]4(C)[C@@H](C(C)=O)CC[C@@H]34)[C@@]2(C)CC1. The third kappa shape index (κ3) is 3.25. The van der Waals surface area contributed by atoms with Gasteiger partial charge in [0.15, 0.2) is 0 Å². The van der Waals surface area contributed by atoms with Gasteiger partial charge >= 0.3 is 11.9 Å². The fraction of sp³-hybridized carbons (Fsp3) is 0.720. The van der Waals surface area contributed by atoms with Crippen molar-refractivity contribution in [2.75, 3.05) is 0 Å².